The minimum absolute atomic E-state index is 0.0994. The molecule has 0 saturated heterocycles. The molecule has 1 rings (SSSR count). The first-order valence-electron chi connectivity index (χ1n) is 6.90. The molecule has 0 fully saturated rings. The zero-order valence-corrected chi connectivity index (χ0v) is 15.3. The molecular formula is C14H23F2N3O4P+. The van der Waals surface area contributed by atoms with E-state index in [4.69, 9.17) is 0 Å². The van der Waals surface area contributed by atoms with Gasteiger partial charge >= 0.3 is 5.97 Å². The van der Waals surface area contributed by atoms with Gasteiger partial charge in [0.2, 0.25) is 0 Å². The van der Waals surface area contributed by atoms with Gasteiger partial charge in [-0.3, -0.25) is 9.59 Å². The number of halogens is 2. The van der Waals surface area contributed by atoms with Crippen LogP contribution in [0.1, 0.15) is 16.8 Å². The van der Waals surface area contributed by atoms with Crippen LogP contribution >= 0.6 is 9.24 Å². The van der Waals surface area contributed by atoms with E-state index in [0.29, 0.717) is 12.1 Å². The average Bonchev–Trinajstić information content (AvgIpc) is 2.51. The average molecular weight is 366 g/mol. The molecule has 10 heteroatoms. The van der Waals surface area contributed by atoms with E-state index in [1.165, 1.54) is 34.6 Å². The predicted molar refractivity (Wildman–Crippen MR) is 85.6 cm³/mol. The molecule has 7 nitrogen and oxygen atoms in total. The fourth-order valence-corrected chi connectivity index (χ4v) is 1.57. The summed E-state index contributed by atoms with van der Waals surface area (Å²) in [4.78, 5) is 24.0. The molecule has 1 atom stereocenters. The third kappa shape index (κ3) is 10.1. The molecule has 1 amide bonds. The predicted octanol–water partition coefficient (Wildman–Crippen LogP) is 0.735. The Labute approximate surface area is 142 Å². The second kappa shape index (κ2) is 10.9. The molecular weight excluding hydrogens is 343 g/mol. The van der Waals surface area contributed by atoms with Gasteiger partial charge in [0.25, 0.3) is 11.6 Å². The molecule has 1 aromatic heterocycles. The largest absolute Gasteiger partial charge is 0.469 e. The van der Waals surface area contributed by atoms with Gasteiger partial charge in [0.05, 0.1) is 12.7 Å². The number of carbonyl (C=O) groups is 2. The van der Waals surface area contributed by atoms with Crippen LogP contribution in [0.15, 0.2) is 18.5 Å². The molecule has 0 bridgehead atoms. The lowest BCUT2D eigenvalue weighted by Gasteiger charge is -2.08. The Kier molecular flexibility index (Phi) is 10.1. The lowest BCUT2D eigenvalue weighted by Crippen LogP contribution is -2.39. The number of hydrogen-bond acceptors (Lipinski definition) is 5. The molecule has 24 heavy (non-hydrogen) atoms. The van der Waals surface area contributed by atoms with Crippen LogP contribution in [-0.4, -0.2) is 62.5 Å². The monoisotopic (exact) mass is 366 g/mol. The summed E-state index contributed by atoms with van der Waals surface area (Å²) in [6, 6.07) is 1.67. The van der Waals surface area contributed by atoms with Gasteiger partial charge in [-0.15, -0.1) is 0 Å². The van der Waals surface area contributed by atoms with Crippen LogP contribution in [0.2, 0.25) is 0 Å². The first-order valence-corrected chi connectivity index (χ1v) is 7.48. The van der Waals surface area contributed by atoms with E-state index < -0.39 is 12.3 Å². The van der Waals surface area contributed by atoms with Gasteiger partial charge < -0.3 is 14.4 Å². The molecule has 0 aliphatic rings. The second-order valence-corrected chi connectivity index (χ2v) is 5.74. The number of aromatic nitrogens is 2. The van der Waals surface area contributed by atoms with Crippen molar-refractivity contribution in [2.45, 2.75) is 18.6 Å². The molecule has 1 unspecified atom stereocenters. The van der Waals surface area contributed by atoms with Gasteiger partial charge in [-0.25, -0.2) is 0 Å². The smallest absolute Gasteiger partial charge is 0.312 e. The van der Waals surface area contributed by atoms with Gasteiger partial charge in [0.15, 0.2) is 12.7 Å². The van der Waals surface area contributed by atoms with Crippen molar-refractivity contribution in [3.8, 4) is 0 Å². The van der Waals surface area contributed by atoms with Crippen LogP contribution in [0.5, 0.6) is 0 Å². The normalized spacial score (nSPS) is 10.5. The van der Waals surface area contributed by atoms with Gasteiger partial charge in [-0.05, 0) is 5.10 Å². The third-order valence-electron chi connectivity index (χ3n) is 2.53. The molecule has 136 valence electrons. The number of rotatable bonds is 6. The summed E-state index contributed by atoms with van der Waals surface area (Å²) in [5.74, 6) is -0.384. The van der Waals surface area contributed by atoms with Crippen molar-refractivity contribution in [2.24, 2.45) is 0 Å². The summed E-state index contributed by atoms with van der Waals surface area (Å²) < 4.78 is 33.4. The van der Waals surface area contributed by atoms with E-state index in [-0.39, 0.29) is 18.3 Å². The molecule has 0 aliphatic carbocycles. The fourth-order valence-electron chi connectivity index (χ4n) is 1.40. The summed E-state index contributed by atoms with van der Waals surface area (Å²) in [6.45, 7) is -0.0965. The Balaban J connectivity index is 0.000000640. The van der Waals surface area contributed by atoms with E-state index in [0.717, 1.165) is 0 Å². The maximum Gasteiger partial charge on any atom is 0.312 e. The van der Waals surface area contributed by atoms with Crippen molar-refractivity contribution in [1.82, 2.24) is 10.00 Å². The highest BCUT2D eigenvalue weighted by Crippen LogP contribution is 2.20. The number of alkyl halides is 2. The zero-order chi connectivity index (χ0) is 18.8. The fraction of sp³-hybridized carbons (Fsp3) is 0.571. The number of methoxy groups -OCH3 is 2. The number of aryl methyl sites for hydroxylation is 1. The van der Waals surface area contributed by atoms with Crippen LogP contribution in [-0.2, 0) is 20.8 Å². The molecule has 0 N–H and O–H groups in total. The molecule has 0 aliphatic heterocycles. The Morgan fingerprint density at radius 1 is 1.38 bits per heavy atom. The Bertz CT molecular complexity index is 522. The van der Waals surface area contributed by atoms with E-state index in [9.17, 15) is 18.4 Å². The van der Waals surface area contributed by atoms with Crippen molar-refractivity contribution < 1.29 is 32.5 Å². The van der Waals surface area contributed by atoms with Crippen LogP contribution in [0.3, 0.4) is 0 Å². The van der Waals surface area contributed by atoms with Gasteiger partial charge in [-0.2, -0.15) is 8.78 Å². The number of carbonyl (C=O) groups excluding carboxylic acids is 2. The summed E-state index contributed by atoms with van der Waals surface area (Å²) in [5.41, 5.74) is -2.24. The lowest BCUT2D eigenvalue weighted by atomic mass is 10.3. The minimum Gasteiger partial charge on any atom is -0.469 e. The summed E-state index contributed by atoms with van der Waals surface area (Å²) in [6.07, 6.45) is 3.41. The van der Waals surface area contributed by atoms with Crippen LogP contribution in [0.25, 0.3) is 0 Å². The number of amides is 1. The van der Waals surface area contributed by atoms with E-state index in [1.807, 2.05) is 0 Å². The number of nitrogens with zero attached hydrogens (tertiary/aromatic N) is 3. The quantitative estimate of drug-likeness (QED) is 0.422. The van der Waals surface area contributed by atoms with Crippen molar-refractivity contribution in [3.05, 3.63) is 24.0 Å². The summed E-state index contributed by atoms with van der Waals surface area (Å²) >= 11 is 0. The van der Waals surface area contributed by atoms with Crippen LogP contribution in [0, 0.1) is 0 Å². The Morgan fingerprint density at radius 2 is 2.00 bits per heavy atom. The topological polar surface area (TPSA) is 72.6 Å². The number of ether oxygens (including phenoxy) is 2. The lowest BCUT2D eigenvalue weighted by molar-refractivity contribution is -0.753. The summed E-state index contributed by atoms with van der Waals surface area (Å²) in [7, 11) is 7.32. The SMILES string of the molecule is COC(=O)CC[n+]1ccc(C(=O)N(C)C)cn1.COCC(F)(F)P. The van der Waals surface area contributed by atoms with Crippen LogP contribution in [0.4, 0.5) is 8.78 Å². The number of esters is 1. The minimum atomic E-state index is -2.76. The summed E-state index contributed by atoms with van der Waals surface area (Å²) in [5, 5.41) is 4.05. The standard InChI is InChI=1S/C11H16N3O3.C3H7F2OP/c1-13(2)11(16)9-4-6-14(12-8-9)7-5-10(15)17-3;1-6-2-3(4,5)7/h4,6,8H,5,7H2,1-3H3;2,7H2,1H3/q+1;. The zero-order valence-electron chi connectivity index (χ0n) is 14.2. The first kappa shape index (κ1) is 22.3. The molecule has 0 radical (unpaired) electrons. The molecule has 0 spiro atoms. The van der Waals surface area contributed by atoms with Crippen molar-refractivity contribution in [2.75, 3.05) is 34.9 Å². The van der Waals surface area contributed by atoms with Crippen LogP contribution < -0.4 is 4.68 Å². The van der Waals surface area contributed by atoms with Crippen molar-refractivity contribution in [1.29, 1.82) is 0 Å². The highest BCUT2D eigenvalue weighted by atomic mass is 31.0. The highest BCUT2D eigenvalue weighted by molar-refractivity contribution is 7.18. The second-order valence-electron chi connectivity index (χ2n) is 4.90. The van der Waals surface area contributed by atoms with Crippen molar-refractivity contribution >= 4 is 21.1 Å². The third-order valence-corrected chi connectivity index (χ3v) is 2.70. The Morgan fingerprint density at radius 3 is 2.33 bits per heavy atom. The molecule has 0 saturated carbocycles. The van der Waals surface area contributed by atoms with E-state index >= 15 is 0 Å². The van der Waals surface area contributed by atoms with Gasteiger partial charge in [0.1, 0.15) is 19.2 Å². The van der Waals surface area contributed by atoms with Crippen molar-refractivity contribution in [3.63, 3.8) is 0 Å². The maximum absolute atomic E-state index is 11.6. The van der Waals surface area contributed by atoms with Gasteiger partial charge in [0, 0.05) is 27.3 Å². The molecule has 1 aromatic rings. The van der Waals surface area contributed by atoms with Gasteiger partial charge in [-0.1, -0.05) is 13.9 Å². The van der Waals surface area contributed by atoms with E-state index in [2.05, 4.69) is 14.6 Å². The Hall–Kier alpha value is -1.73. The maximum atomic E-state index is 11.6. The highest BCUT2D eigenvalue weighted by Gasteiger charge is 2.19. The first-order chi connectivity index (χ1) is 11.1. The molecule has 1 heterocycles. The molecule has 0 aromatic carbocycles. The number of hydrogen-bond donors (Lipinski definition) is 0. The van der Waals surface area contributed by atoms with E-state index in [1.54, 1.807) is 31.0 Å².